The van der Waals surface area contributed by atoms with Gasteiger partial charge >= 0.3 is 0 Å². The maximum absolute atomic E-state index is 13.1. The van der Waals surface area contributed by atoms with Crippen LogP contribution in [0.25, 0.3) is 0 Å². The van der Waals surface area contributed by atoms with Crippen molar-refractivity contribution in [1.82, 2.24) is 5.43 Å². The van der Waals surface area contributed by atoms with E-state index in [1.165, 1.54) is 17.0 Å². The van der Waals surface area contributed by atoms with Gasteiger partial charge in [-0.2, -0.15) is 0 Å². The molecule has 0 aliphatic carbocycles. The quantitative estimate of drug-likeness (QED) is 0.635. The van der Waals surface area contributed by atoms with Crippen molar-refractivity contribution in [2.24, 2.45) is 5.84 Å². The van der Waals surface area contributed by atoms with Crippen molar-refractivity contribution in [3.63, 3.8) is 0 Å². The Morgan fingerprint density at radius 2 is 2.12 bits per heavy atom. The minimum atomic E-state index is -0.244. The Balaban J connectivity index is 2.36. The average molecular weight is 236 g/mol. The number of nitrogens with two attached hydrogens (primary N) is 1. The summed E-state index contributed by atoms with van der Waals surface area (Å²) < 4.78 is 13.1. The highest BCUT2D eigenvalue weighted by molar-refractivity contribution is 7.12. The smallest absolute Gasteiger partial charge is 0.123 e. The van der Waals surface area contributed by atoms with Gasteiger partial charge in [0.2, 0.25) is 0 Å². The zero-order valence-corrected chi connectivity index (χ0v) is 9.72. The van der Waals surface area contributed by atoms with E-state index < -0.39 is 0 Å². The van der Waals surface area contributed by atoms with Gasteiger partial charge in [0.05, 0.1) is 6.04 Å². The van der Waals surface area contributed by atoms with Gasteiger partial charge in [-0.3, -0.25) is 5.84 Å². The molecule has 0 amide bonds. The van der Waals surface area contributed by atoms with E-state index in [1.807, 2.05) is 25.1 Å². The van der Waals surface area contributed by atoms with Crippen LogP contribution in [0.15, 0.2) is 36.4 Å². The number of nitrogens with one attached hydrogen (secondary N) is 1. The molecule has 1 aromatic carbocycles. The lowest BCUT2D eigenvalue weighted by molar-refractivity contribution is 0.609. The van der Waals surface area contributed by atoms with Crippen LogP contribution in [0.4, 0.5) is 4.39 Å². The van der Waals surface area contributed by atoms with E-state index in [-0.39, 0.29) is 11.9 Å². The summed E-state index contributed by atoms with van der Waals surface area (Å²) in [4.78, 5) is 2.30. The van der Waals surface area contributed by atoms with Gasteiger partial charge in [-0.1, -0.05) is 12.1 Å². The van der Waals surface area contributed by atoms with Crippen molar-refractivity contribution in [3.05, 3.63) is 57.5 Å². The number of hydrogen-bond acceptors (Lipinski definition) is 3. The Morgan fingerprint density at radius 1 is 1.31 bits per heavy atom. The Kier molecular flexibility index (Phi) is 3.33. The molecular formula is C12H13FN2S. The standard InChI is InChI=1S/C12H13FN2S/c1-8-5-6-11(16-8)12(15-14)9-3-2-4-10(13)7-9/h2-7,12,15H,14H2,1H3. The van der Waals surface area contributed by atoms with Crippen LogP contribution >= 0.6 is 11.3 Å². The largest absolute Gasteiger partial charge is 0.271 e. The molecule has 1 atom stereocenters. The fraction of sp³-hybridized carbons (Fsp3) is 0.167. The second-order valence-electron chi connectivity index (χ2n) is 3.60. The first kappa shape index (κ1) is 11.3. The van der Waals surface area contributed by atoms with Gasteiger partial charge in [-0.15, -0.1) is 11.3 Å². The summed E-state index contributed by atoms with van der Waals surface area (Å²) >= 11 is 1.66. The predicted molar refractivity (Wildman–Crippen MR) is 64.6 cm³/mol. The van der Waals surface area contributed by atoms with Crippen LogP contribution in [-0.4, -0.2) is 0 Å². The SMILES string of the molecule is Cc1ccc(C(NN)c2cccc(F)c2)s1. The van der Waals surface area contributed by atoms with Crippen molar-refractivity contribution >= 4 is 11.3 Å². The van der Waals surface area contributed by atoms with Gasteiger partial charge in [0, 0.05) is 9.75 Å². The van der Waals surface area contributed by atoms with Gasteiger partial charge in [0.25, 0.3) is 0 Å². The average Bonchev–Trinajstić information content (AvgIpc) is 2.66. The van der Waals surface area contributed by atoms with E-state index in [4.69, 9.17) is 5.84 Å². The van der Waals surface area contributed by atoms with E-state index in [0.29, 0.717) is 0 Å². The first-order chi connectivity index (χ1) is 7.70. The van der Waals surface area contributed by atoms with Crippen LogP contribution in [0, 0.1) is 12.7 Å². The van der Waals surface area contributed by atoms with Crippen LogP contribution < -0.4 is 11.3 Å². The van der Waals surface area contributed by atoms with Gasteiger partial charge in [0.1, 0.15) is 5.82 Å². The number of halogens is 1. The van der Waals surface area contributed by atoms with E-state index in [0.717, 1.165) is 10.4 Å². The third-order valence-corrected chi connectivity index (χ3v) is 3.46. The molecule has 0 spiro atoms. The highest BCUT2D eigenvalue weighted by Crippen LogP contribution is 2.27. The summed E-state index contributed by atoms with van der Waals surface area (Å²) in [6, 6.07) is 10.4. The zero-order valence-electron chi connectivity index (χ0n) is 8.91. The molecule has 0 fully saturated rings. The lowest BCUT2D eigenvalue weighted by Crippen LogP contribution is -2.28. The molecular weight excluding hydrogens is 223 g/mol. The predicted octanol–water partition coefficient (Wildman–Crippen LogP) is 2.75. The molecule has 1 heterocycles. The lowest BCUT2D eigenvalue weighted by Gasteiger charge is -2.14. The van der Waals surface area contributed by atoms with Gasteiger partial charge in [-0.05, 0) is 36.8 Å². The molecule has 0 aliphatic heterocycles. The first-order valence-electron chi connectivity index (χ1n) is 4.98. The van der Waals surface area contributed by atoms with E-state index in [2.05, 4.69) is 5.43 Å². The van der Waals surface area contributed by atoms with E-state index in [9.17, 15) is 4.39 Å². The van der Waals surface area contributed by atoms with Gasteiger partial charge in [-0.25, -0.2) is 9.82 Å². The molecule has 3 N–H and O–H groups in total. The molecule has 2 rings (SSSR count). The first-order valence-corrected chi connectivity index (χ1v) is 5.80. The van der Waals surface area contributed by atoms with Gasteiger partial charge in [0.15, 0.2) is 0 Å². The monoisotopic (exact) mass is 236 g/mol. The van der Waals surface area contributed by atoms with Crippen molar-refractivity contribution in [2.75, 3.05) is 0 Å². The number of aryl methyl sites for hydroxylation is 1. The normalized spacial score (nSPS) is 12.7. The van der Waals surface area contributed by atoms with Crippen molar-refractivity contribution in [2.45, 2.75) is 13.0 Å². The third-order valence-electron chi connectivity index (χ3n) is 2.39. The summed E-state index contributed by atoms with van der Waals surface area (Å²) in [5.41, 5.74) is 3.56. The Morgan fingerprint density at radius 3 is 2.69 bits per heavy atom. The summed E-state index contributed by atoms with van der Waals surface area (Å²) in [5, 5.41) is 0. The number of thiophene rings is 1. The molecule has 0 saturated carbocycles. The maximum Gasteiger partial charge on any atom is 0.123 e. The molecule has 0 bridgehead atoms. The molecule has 84 valence electrons. The topological polar surface area (TPSA) is 38.0 Å². The molecule has 16 heavy (non-hydrogen) atoms. The molecule has 2 aromatic rings. The third kappa shape index (κ3) is 2.29. The number of benzene rings is 1. The van der Waals surface area contributed by atoms with Crippen molar-refractivity contribution in [1.29, 1.82) is 0 Å². The molecule has 0 aliphatic rings. The summed E-state index contributed by atoms with van der Waals surface area (Å²) in [6.45, 7) is 2.04. The van der Waals surface area contributed by atoms with Gasteiger partial charge < -0.3 is 0 Å². The zero-order chi connectivity index (χ0) is 11.5. The molecule has 4 heteroatoms. The van der Waals surface area contributed by atoms with Crippen LogP contribution in [-0.2, 0) is 0 Å². The molecule has 2 nitrogen and oxygen atoms in total. The second-order valence-corrected chi connectivity index (χ2v) is 4.92. The van der Waals surface area contributed by atoms with Crippen LogP contribution in [0.5, 0.6) is 0 Å². The van der Waals surface area contributed by atoms with Crippen molar-refractivity contribution in [3.8, 4) is 0 Å². The summed E-state index contributed by atoms with van der Waals surface area (Å²) in [6.07, 6.45) is 0. The van der Waals surface area contributed by atoms with Crippen molar-refractivity contribution < 1.29 is 4.39 Å². The summed E-state index contributed by atoms with van der Waals surface area (Å²) in [5.74, 6) is 5.29. The van der Waals surface area contributed by atoms with Crippen LogP contribution in [0.1, 0.15) is 21.4 Å². The van der Waals surface area contributed by atoms with Crippen LogP contribution in [0.3, 0.4) is 0 Å². The number of hydrogen-bond donors (Lipinski definition) is 2. The second kappa shape index (κ2) is 4.74. The summed E-state index contributed by atoms with van der Waals surface area (Å²) in [7, 11) is 0. The maximum atomic E-state index is 13.1. The highest BCUT2D eigenvalue weighted by Gasteiger charge is 2.14. The molecule has 0 radical (unpaired) electrons. The number of rotatable bonds is 3. The molecule has 1 unspecified atom stereocenters. The highest BCUT2D eigenvalue weighted by atomic mass is 32.1. The Bertz CT molecular complexity index is 481. The Hall–Kier alpha value is -1.23. The van der Waals surface area contributed by atoms with E-state index >= 15 is 0 Å². The lowest BCUT2D eigenvalue weighted by atomic mass is 10.1. The fourth-order valence-corrected chi connectivity index (χ4v) is 2.60. The Labute approximate surface area is 97.9 Å². The fourth-order valence-electron chi connectivity index (χ4n) is 1.64. The number of hydrazine groups is 1. The minimum Gasteiger partial charge on any atom is -0.271 e. The molecule has 0 saturated heterocycles. The minimum absolute atomic E-state index is 0.144. The van der Waals surface area contributed by atoms with Crippen LogP contribution in [0.2, 0.25) is 0 Å². The molecule has 1 aromatic heterocycles. The van der Waals surface area contributed by atoms with E-state index in [1.54, 1.807) is 17.4 Å².